The fraction of sp³-hybridized carbons (Fsp3) is 0.158. The second kappa shape index (κ2) is 7.10. The monoisotopic (exact) mass is 413 g/mol. The summed E-state index contributed by atoms with van der Waals surface area (Å²) in [5, 5.41) is 17.4. The molecule has 0 saturated heterocycles. The quantitative estimate of drug-likeness (QED) is 0.495. The van der Waals surface area contributed by atoms with E-state index in [1.807, 2.05) is 14.1 Å². The number of aromatic nitrogens is 3. The number of methoxy groups -OCH3 is 1. The molecule has 148 valence electrons. The number of ether oxygens (including phenoxy) is 1. The standard InChI is InChI=1S/C19H16ClN5O4/c1-25(2)19-21-7-9(8-22-19)10-4-11-13(5-12(10)20)23-18(27)16(11)17(26)14-6-15(28-3)24-29-14/h4-8,26H,1-3H3,(H,23,27). The number of carbonyl (C=O) groups excluding carboxylic acids is 1. The van der Waals surface area contributed by atoms with E-state index in [-0.39, 0.29) is 23.0 Å². The molecule has 4 rings (SSSR count). The van der Waals surface area contributed by atoms with Gasteiger partial charge in [0.05, 0.1) is 29.5 Å². The summed E-state index contributed by atoms with van der Waals surface area (Å²) in [5.74, 6) is -0.0964. The summed E-state index contributed by atoms with van der Waals surface area (Å²) in [7, 11) is 5.10. The number of aliphatic hydroxyl groups excluding tert-OH is 1. The van der Waals surface area contributed by atoms with E-state index in [0.717, 1.165) is 0 Å². The van der Waals surface area contributed by atoms with E-state index in [1.165, 1.54) is 13.2 Å². The van der Waals surface area contributed by atoms with Crippen LogP contribution in [-0.4, -0.2) is 47.3 Å². The molecule has 9 nitrogen and oxygen atoms in total. The third-order valence-corrected chi connectivity index (χ3v) is 4.68. The molecule has 0 bridgehead atoms. The van der Waals surface area contributed by atoms with Gasteiger partial charge in [0.1, 0.15) is 0 Å². The fourth-order valence-electron chi connectivity index (χ4n) is 2.93. The molecule has 2 N–H and O–H groups in total. The van der Waals surface area contributed by atoms with Crippen LogP contribution >= 0.6 is 11.6 Å². The SMILES string of the molecule is COc1cc(C(O)=C2C(=O)Nc3cc(Cl)c(-c4cnc(N(C)C)nc4)cc32)on1. The normalized spacial score (nSPS) is 14.4. The number of hydrogen-bond acceptors (Lipinski definition) is 8. The topological polar surface area (TPSA) is 114 Å². The molecule has 1 aromatic carbocycles. The highest BCUT2D eigenvalue weighted by atomic mass is 35.5. The van der Waals surface area contributed by atoms with Crippen LogP contribution in [0.3, 0.4) is 0 Å². The van der Waals surface area contributed by atoms with E-state index < -0.39 is 5.91 Å². The van der Waals surface area contributed by atoms with Crippen molar-refractivity contribution in [2.75, 3.05) is 31.4 Å². The molecule has 1 aliphatic rings. The Morgan fingerprint density at radius 1 is 1.21 bits per heavy atom. The first-order valence-electron chi connectivity index (χ1n) is 8.48. The van der Waals surface area contributed by atoms with Gasteiger partial charge in [-0.3, -0.25) is 4.79 Å². The van der Waals surface area contributed by atoms with Crippen molar-refractivity contribution in [3.05, 3.63) is 46.9 Å². The Morgan fingerprint density at radius 2 is 1.93 bits per heavy atom. The predicted molar refractivity (Wildman–Crippen MR) is 108 cm³/mol. The lowest BCUT2D eigenvalue weighted by Crippen LogP contribution is -2.12. The van der Waals surface area contributed by atoms with Gasteiger partial charge in [0, 0.05) is 43.2 Å². The molecule has 0 unspecified atom stereocenters. The van der Waals surface area contributed by atoms with Crippen molar-refractivity contribution in [2.24, 2.45) is 0 Å². The molecule has 0 atom stereocenters. The number of carbonyl (C=O) groups is 1. The Labute approximate surface area is 170 Å². The number of amides is 1. The van der Waals surface area contributed by atoms with Gasteiger partial charge in [0.25, 0.3) is 11.8 Å². The number of anilines is 2. The zero-order valence-corrected chi connectivity index (χ0v) is 16.5. The highest BCUT2D eigenvalue weighted by Gasteiger charge is 2.31. The first-order valence-corrected chi connectivity index (χ1v) is 8.86. The van der Waals surface area contributed by atoms with Crippen LogP contribution in [0.4, 0.5) is 11.6 Å². The number of fused-ring (bicyclic) bond motifs is 1. The van der Waals surface area contributed by atoms with Crippen molar-refractivity contribution in [1.82, 2.24) is 15.1 Å². The van der Waals surface area contributed by atoms with Crippen molar-refractivity contribution in [3.8, 4) is 17.0 Å². The van der Waals surface area contributed by atoms with Crippen molar-refractivity contribution in [1.29, 1.82) is 0 Å². The molecule has 1 aliphatic heterocycles. The Kier molecular flexibility index (Phi) is 4.59. The number of aliphatic hydroxyl groups is 1. The highest BCUT2D eigenvalue weighted by molar-refractivity contribution is 6.38. The van der Waals surface area contributed by atoms with Gasteiger partial charge in [0.15, 0.2) is 5.76 Å². The molecule has 29 heavy (non-hydrogen) atoms. The fourth-order valence-corrected chi connectivity index (χ4v) is 3.20. The highest BCUT2D eigenvalue weighted by Crippen LogP contribution is 2.42. The van der Waals surface area contributed by atoms with Crippen LogP contribution in [0.2, 0.25) is 5.02 Å². The third-order valence-electron chi connectivity index (χ3n) is 4.37. The molecular formula is C19H16ClN5O4. The van der Waals surface area contributed by atoms with Gasteiger partial charge in [-0.2, -0.15) is 0 Å². The minimum absolute atomic E-state index is 0.00928. The van der Waals surface area contributed by atoms with Gasteiger partial charge in [-0.15, -0.1) is 0 Å². The lowest BCUT2D eigenvalue weighted by atomic mass is 9.99. The number of hydrogen-bond donors (Lipinski definition) is 2. The van der Waals surface area contributed by atoms with Crippen molar-refractivity contribution >= 4 is 40.5 Å². The van der Waals surface area contributed by atoms with Gasteiger partial charge in [-0.1, -0.05) is 11.6 Å². The second-order valence-electron chi connectivity index (χ2n) is 6.46. The molecule has 0 spiro atoms. The zero-order valence-electron chi connectivity index (χ0n) is 15.7. The minimum Gasteiger partial charge on any atom is -0.504 e. The van der Waals surface area contributed by atoms with Gasteiger partial charge in [-0.05, 0) is 17.3 Å². The Bertz CT molecular complexity index is 1140. The van der Waals surface area contributed by atoms with Crippen LogP contribution in [-0.2, 0) is 4.79 Å². The molecule has 2 aromatic heterocycles. The third kappa shape index (κ3) is 3.25. The first-order chi connectivity index (χ1) is 13.9. The lowest BCUT2D eigenvalue weighted by Gasteiger charge is -2.11. The summed E-state index contributed by atoms with van der Waals surface area (Å²) < 4.78 is 10.0. The lowest BCUT2D eigenvalue weighted by molar-refractivity contribution is -0.110. The number of nitrogens with zero attached hydrogens (tertiary/aromatic N) is 4. The van der Waals surface area contributed by atoms with Gasteiger partial charge >= 0.3 is 0 Å². The molecule has 0 aliphatic carbocycles. The smallest absolute Gasteiger partial charge is 0.260 e. The van der Waals surface area contributed by atoms with Crippen LogP contribution in [0.5, 0.6) is 5.88 Å². The second-order valence-corrected chi connectivity index (χ2v) is 6.86. The maximum Gasteiger partial charge on any atom is 0.260 e. The van der Waals surface area contributed by atoms with Crippen LogP contribution in [0, 0.1) is 0 Å². The summed E-state index contributed by atoms with van der Waals surface area (Å²) in [6.45, 7) is 0. The molecule has 0 saturated carbocycles. The molecule has 3 aromatic rings. The Morgan fingerprint density at radius 3 is 2.55 bits per heavy atom. The zero-order chi connectivity index (χ0) is 20.7. The maximum atomic E-state index is 12.5. The summed E-state index contributed by atoms with van der Waals surface area (Å²) in [6, 6.07) is 4.70. The first kappa shape index (κ1) is 18.8. The summed E-state index contributed by atoms with van der Waals surface area (Å²) in [6.07, 6.45) is 3.29. The average Bonchev–Trinajstić information content (AvgIpc) is 3.30. The minimum atomic E-state index is -0.486. The molecule has 10 heteroatoms. The summed E-state index contributed by atoms with van der Waals surface area (Å²) in [4.78, 5) is 22.9. The molecule has 0 radical (unpaired) electrons. The van der Waals surface area contributed by atoms with Crippen molar-refractivity contribution < 1.29 is 19.2 Å². The van der Waals surface area contributed by atoms with Gasteiger partial charge in [0.2, 0.25) is 11.7 Å². The maximum absolute atomic E-state index is 12.5. The van der Waals surface area contributed by atoms with Crippen LogP contribution in [0.25, 0.3) is 22.5 Å². The van der Waals surface area contributed by atoms with Crippen molar-refractivity contribution in [3.63, 3.8) is 0 Å². The van der Waals surface area contributed by atoms with E-state index in [4.69, 9.17) is 20.9 Å². The number of nitrogens with one attached hydrogen (secondary N) is 1. The molecule has 1 amide bonds. The van der Waals surface area contributed by atoms with Crippen molar-refractivity contribution in [2.45, 2.75) is 0 Å². The van der Waals surface area contributed by atoms with Crippen LogP contribution in [0.1, 0.15) is 11.3 Å². The number of rotatable bonds is 4. The van der Waals surface area contributed by atoms with E-state index in [2.05, 4.69) is 20.4 Å². The van der Waals surface area contributed by atoms with Crippen LogP contribution < -0.4 is 15.0 Å². The average molecular weight is 414 g/mol. The summed E-state index contributed by atoms with van der Waals surface area (Å²) >= 11 is 6.42. The molecule has 3 heterocycles. The predicted octanol–water partition coefficient (Wildman–Crippen LogP) is 3.24. The van der Waals surface area contributed by atoms with Crippen LogP contribution in [0.15, 0.2) is 35.1 Å². The largest absolute Gasteiger partial charge is 0.504 e. The van der Waals surface area contributed by atoms with E-state index >= 15 is 0 Å². The molecular weight excluding hydrogens is 398 g/mol. The van der Waals surface area contributed by atoms with E-state index in [0.29, 0.717) is 33.3 Å². The Hall–Kier alpha value is -3.59. The van der Waals surface area contributed by atoms with Gasteiger partial charge in [-0.25, -0.2) is 9.97 Å². The Balaban J connectivity index is 1.82. The number of halogens is 1. The molecule has 0 fully saturated rings. The van der Waals surface area contributed by atoms with E-state index in [1.54, 1.807) is 29.4 Å². The summed E-state index contributed by atoms with van der Waals surface area (Å²) in [5.41, 5.74) is 2.28. The van der Waals surface area contributed by atoms with Gasteiger partial charge < -0.3 is 24.6 Å². The van der Waals surface area contributed by atoms with E-state index in [9.17, 15) is 9.90 Å². The number of benzene rings is 1.